The van der Waals surface area contributed by atoms with Gasteiger partial charge in [-0.2, -0.15) is 0 Å². The van der Waals surface area contributed by atoms with Gasteiger partial charge in [0.2, 0.25) is 5.56 Å². The topological polar surface area (TPSA) is 50.7 Å². The molecule has 1 N–H and O–H groups in total. The van der Waals surface area contributed by atoms with E-state index >= 15 is 0 Å². The van der Waals surface area contributed by atoms with Crippen molar-refractivity contribution in [3.8, 4) is 11.4 Å². The summed E-state index contributed by atoms with van der Waals surface area (Å²) in [7, 11) is 0. The summed E-state index contributed by atoms with van der Waals surface area (Å²) in [6, 6.07) is 15.4. The van der Waals surface area contributed by atoms with E-state index in [-0.39, 0.29) is 5.56 Å². The lowest BCUT2D eigenvalue weighted by atomic mass is 10.1. The minimum atomic E-state index is -0.124. The average molecular weight is 364 g/mol. The number of pyridine rings is 1. The summed E-state index contributed by atoms with van der Waals surface area (Å²) >= 11 is 6.02. The van der Waals surface area contributed by atoms with Gasteiger partial charge >= 0.3 is 0 Å². The van der Waals surface area contributed by atoms with Crippen molar-refractivity contribution < 1.29 is 0 Å². The van der Waals surface area contributed by atoms with Gasteiger partial charge in [0.15, 0.2) is 0 Å². The summed E-state index contributed by atoms with van der Waals surface area (Å²) in [5.74, 6) is 0.830. The molecule has 0 fully saturated rings. The van der Waals surface area contributed by atoms with Gasteiger partial charge in [0.1, 0.15) is 5.82 Å². The first-order valence-electron chi connectivity index (χ1n) is 8.42. The highest BCUT2D eigenvalue weighted by molar-refractivity contribution is 6.30. The number of imidazole rings is 1. The Morgan fingerprint density at radius 3 is 2.46 bits per heavy atom. The van der Waals surface area contributed by atoms with Crippen LogP contribution in [0, 0.1) is 13.8 Å². The number of fused-ring (bicyclic) bond motifs is 1. The van der Waals surface area contributed by atoms with Gasteiger partial charge in [-0.3, -0.25) is 4.79 Å². The predicted octanol–water partition coefficient (Wildman–Crippen LogP) is 4.71. The van der Waals surface area contributed by atoms with E-state index in [9.17, 15) is 4.79 Å². The highest BCUT2D eigenvalue weighted by atomic mass is 35.5. The molecule has 4 aromatic rings. The van der Waals surface area contributed by atoms with Gasteiger partial charge in [0.05, 0.1) is 11.0 Å². The summed E-state index contributed by atoms with van der Waals surface area (Å²) in [4.78, 5) is 19.0. The second-order valence-electron chi connectivity index (χ2n) is 6.51. The normalized spacial score (nSPS) is 11.2. The van der Waals surface area contributed by atoms with Crippen molar-refractivity contribution in [3.63, 3.8) is 0 Å². The Morgan fingerprint density at radius 1 is 1.04 bits per heavy atom. The zero-order valence-electron chi connectivity index (χ0n) is 14.6. The molecule has 5 heteroatoms. The van der Waals surface area contributed by atoms with E-state index in [4.69, 9.17) is 16.6 Å². The summed E-state index contributed by atoms with van der Waals surface area (Å²) in [5, 5.41) is 0.719. The van der Waals surface area contributed by atoms with Crippen LogP contribution in [0.25, 0.3) is 22.4 Å². The third kappa shape index (κ3) is 3.04. The summed E-state index contributed by atoms with van der Waals surface area (Å²) in [6.07, 6.45) is 1.71. The maximum Gasteiger partial charge on any atom is 0.247 e. The van der Waals surface area contributed by atoms with E-state index in [1.54, 1.807) is 12.3 Å². The molecule has 0 amide bonds. The number of hydrogen-bond donors (Lipinski definition) is 1. The largest absolute Gasteiger partial charge is 0.328 e. The molecule has 0 atom stereocenters. The van der Waals surface area contributed by atoms with Crippen molar-refractivity contribution in [1.82, 2.24) is 14.5 Å². The number of nitrogens with zero attached hydrogens (tertiary/aromatic N) is 2. The maximum absolute atomic E-state index is 11.4. The first-order chi connectivity index (χ1) is 12.5. The third-order valence-corrected chi connectivity index (χ3v) is 4.91. The molecular formula is C21H18ClN3O. The fourth-order valence-electron chi connectivity index (χ4n) is 3.08. The monoisotopic (exact) mass is 363 g/mol. The Bertz CT molecular complexity index is 1140. The number of benzene rings is 2. The van der Waals surface area contributed by atoms with Crippen LogP contribution in [0.3, 0.4) is 0 Å². The van der Waals surface area contributed by atoms with Crippen LogP contribution in [0.4, 0.5) is 0 Å². The minimum absolute atomic E-state index is 0.124. The zero-order chi connectivity index (χ0) is 18.3. The summed E-state index contributed by atoms with van der Waals surface area (Å²) in [6.45, 7) is 4.87. The lowest BCUT2D eigenvalue weighted by Gasteiger charge is -2.10. The standard InChI is InChI=1S/C21H18ClN3O/c1-13-9-18-19(10-14(13)2)25(12-15-3-6-17(22)7-4-15)21(24-18)16-5-8-20(26)23-11-16/h3-11H,12H2,1-2H3,(H,23,26). The number of aryl methyl sites for hydroxylation is 2. The van der Waals surface area contributed by atoms with Gasteiger partial charge in [-0.15, -0.1) is 0 Å². The Morgan fingerprint density at radius 2 is 1.77 bits per heavy atom. The quantitative estimate of drug-likeness (QED) is 0.573. The van der Waals surface area contributed by atoms with Crippen LogP contribution in [0.15, 0.2) is 59.5 Å². The van der Waals surface area contributed by atoms with Crippen molar-refractivity contribution >= 4 is 22.6 Å². The van der Waals surface area contributed by atoms with E-state index in [2.05, 4.69) is 35.5 Å². The Hall–Kier alpha value is -2.85. The van der Waals surface area contributed by atoms with Crippen molar-refractivity contribution in [2.24, 2.45) is 0 Å². The SMILES string of the molecule is Cc1cc2nc(-c3ccc(=O)[nH]c3)n(Cc3ccc(Cl)cc3)c2cc1C. The molecule has 130 valence electrons. The summed E-state index contributed by atoms with van der Waals surface area (Å²) < 4.78 is 2.18. The molecule has 0 unspecified atom stereocenters. The predicted molar refractivity (Wildman–Crippen MR) is 106 cm³/mol. The lowest BCUT2D eigenvalue weighted by Crippen LogP contribution is -2.05. The minimum Gasteiger partial charge on any atom is -0.328 e. The van der Waals surface area contributed by atoms with Crippen LogP contribution in [0.2, 0.25) is 5.02 Å². The Labute approximate surface area is 156 Å². The molecule has 0 bridgehead atoms. The zero-order valence-corrected chi connectivity index (χ0v) is 15.3. The van der Waals surface area contributed by atoms with Crippen LogP contribution in [0.5, 0.6) is 0 Å². The molecule has 2 heterocycles. The molecule has 2 aromatic heterocycles. The molecule has 0 saturated heterocycles. The molecule has 0 aliphatic rings. The molecule has 0 radical (unpaired) electrons. The average Bonchev–Trinajstić information content (AvgIpc) is 2.95. The van der Waals surface area contributed by atoms with E-state index < -0.39 is 0 Å². The highest BCUT2D eigenvalue weighted by Crippen LogP contribution is 2.27. The third-order valence-electron chi connectivity index (χ3n) is 4.66. The molecule has 26 heavy (non-hydrogen) atoms. The first kappa shape index (κ1) is 16.6. The Balaban J connectivity index is 1.92. The molecule has 0 aliphatic carbocycles. The lowest BCUT2D eigenvalue weighted by molar-refractivity contribution is 0.833. The fourth-order valence-corrected chi connectivity index (χ4v) is 3.21. The van der Waals surface area contributed by atoms with E-state index in [0.717, 1.165) is 33.0 Å². The molecular weight excluding hydrogens is 346 g/mol. The second kappa shape index (κ2) is 6.46. The van der Waals surface area contributed by atoms with Crippen LogP contribution >= 0.6 is 11.6 Å². The molecule has 4 nitrogen and oxygen atoms in total. The van der Waals surface area contributed by atoms with Crippen LogP contribution in [0.1, 0.15) is 16.7 Å². The first-order valence-corrected chi connectivity index (χ1v) is 8.80. The van der Waals surface area contributed by atoms with Gasteiger partial charge in [-0.1, -0.05) is 23.7 Å². The van der Waals surface area contributed by atoms with Crippen LogP contribution < -0.4 is 5.56 Å². The van der Waals surface area contributed by atoms with Gasteiger partial charge in [-0.05, 0) is 60.9 Å². The van der Waals surface area contributed by atoms with E-state index in [1.165, 1.54) is 17.2 Å². The highest BCUT2D eigenvalue weighted by Gasteiger charge is 2.14. The van der Waals surface area contributed by atoms with Gasteiger partial charge in [0, 0.05) is 29.4 Å². The fraction of sp³-hybridized carbons (Fsp3) is 0.143. The van der Waals surface area contributed by atoms with Crippen molar-refractivity contribution in [2.75, 3.05) is 0 Å². The molecule has 0 spiro atoms. The number of aromatic amines is 1. The van der Waals surface area contributed by atoms with Gasteiger partial charge in [-0.25, -0.2) is 4.98 Å². The smallest absolute Gasteiger partial charge is 0.247 e. The van der Waals surface area contributed by atoms with Crippen molar-refractivity contribution in [1.29, 1.82) is 0 Å². The van der Waals surface area contributed by atoms with E-state index in [1.807, 2.05) is 24.3 Å². The van der Waals surface area contributed by atoms with Gasteiger partial charge < -0.3 is 9.55 Å². The van der Waals surface area contributed by atoms with E-state index in [0.29, 0.717) is 6.54 Å². The molecule has 4 rings (SSSR count). The second-order valence-corrected chi connectivity index (χ2v) is 6.95. The van der Waals surface area contributed by atoms with Crippen LogP contribution in [-0.2, 0) is 6.54 Å². The van der Waals surface area contributed by atoms with Crippen LogP contribution in [-0.4, -0.2) is 14.5 Å². The molecule has 0 aliphatic heterocycles. The molecule has 2 aromatic carbocycles. The maximum atomic E-state index is 11.4. The number of halogens is 1. The summed E-state index contributed by atoms with van der Waals surface area (Å²) in [5.41, 5.74) is 6.35. The Kier molecular flexibility index (Phi) is 4.13. The van der Waals surface area contributed by atoms with Crippen molar-refractivity contribution in [2.45, 2.75) is 20.4 Å². The number of H-pyrrole nitrogens is 1. The van der Waals surface area contributed by atoms with Crippen molar-refractivity contribution in [3.05, 3.63) is 86.8 Å². The number of rotatable bonds is 3. The van der Waals surface area contributed by atoms with Gasteiger partial charge in [0.25, 0.3) is 0 Å². The number of nitrogens with one attached hydrogen (secondary N) is 1. The number of aromatic nitrogens is 3. The molecule has 0 saturated carbocycles. The number of hydrogen-bond acceptors (Lipinski definition) is 2.